The largest absolute Gasteiger partial charge is 0.444 e. The van der Waals surface area contributed by atoms with Gasteiger partial charge in [-0.3, -0.25) is 10.4 Å². The molecular weight excluding hydrogens is 368 g/mol. The van der Waals surface area contributed by atoms with Gasteiger partial charge in [0.15, 0.2) is 0 Å². The third-order valence-corrected chi connectivity index (χ3v) is 4.56. The molecule has 8 heteroatoms. The van der Waals surface area contributed by atoms with Crippen molar-refractivity contribution in [1.82, 2.24) is 15.5 Å². The summed E-state index contributed by atoms with van der Waals surface area (Å²) in [4.78, 5) is 13.0. The maximum absolute atomic E-state index is 11.8. The van der Waals surface area contributed by atoms with Gasteiger partial charge in [0.25, 0.3) is 0 Å². The van der Waals surface area contributed by atoms with Crippen LogP contribution in [0.1, 0.15) is 31.2 Å². The number of carbonyl (C=O) groups excluding carboxylic acids is 1. The Bertz CT molecular complexity index is 633. The molecule has 2 rings (SSSR count). The molecule has 6 nitrogen and oxygen atoms in total. The molecule has 22 heavy (non-hydrogen) atoms. The Labute approximate surface area is 141 Å². The van der Waals surface area contributed by atoms with Crippen molar-refractivity contribution in [3.63, 3.8) is 0 Å². The summed E-state index contributed by atoms with van der Waals surface area (Å²) in [5, 5.41) is 14.8. The molecule has 0 bridgehead atoms. The van der Waals surface area contributed by atoms with Crippen LogP contribution in [-0.2, 0) is 17.8 Å². The molecule has 0 aromatic carbocycles. The molecule has 0 spiro atoms. The highest BCUT2D eigenvalue weighted by Crippen LogP contribution is 2.22. The number of H-pyrrole nitrogens is 1. The van der Waals surface area contributed by atoms with Gasteiger partial charge in [0.05, 0.1) is 6.20 Å². The number of anilines is 1. The third-order valence-electron chi connectivity index (χ3n) is 2.64. The summed E-state index contributed by atoms with van der Waals surface area (Å²) in [5.74, 6) is 0.548. The van der Waals surface area contributed by atoms with Gasteiger partial charge in [0, 0.05) is 28.0 Å². The number of thiophene rings is 1. The van der Waals surface area contributed by atoms with Crippen LogP contribution in [0.2, 0.25) is 0 Å². The number of aromatic amines is 1. The Hall–Kier alpha value is -1.38. The lowest BCUT2D eigenvalue weighted by atomic mass is 10.2. The van der Waals surface area contributed by atoms with Crippen LogP contribution in [0, 0.1) is 0 Å². The number of hydrogen-bond donors (Lipinski definition) is 3. The Morgan fingerprint density at radius 1 is 1.45 bits per heavy atom. The number of nitrogens with zero attached hydrogens (tertiary/aromatic N) is 1. The van der Waals surface area contributed by atoms with E-state index in [2.05, 4.69) is 36.8 Å². The van der Waals surface area contributed by atoms with Crippen molar-refractivity contribution < 1.29 is 9.53 Å². The highest BCUT2D eigenvalue weighted by Gasteiger charge is 2.17. The van der Waals surface area contributed by atoms with E-state index in [-0.39, 0.29) is 0 Å². The van der Waals surface area contributed by atoms with Crippen LogP contribution in [0.5, 0.6) is 0 Å². The Morgan fingerprint density at radius 3 is 2.86 bits per heavy atom. The molecular formula is C14H19BrN4O2S. The molecule has 0 fully saturated rings. The lowest BCUT2D eigenvalue weighted by Gasteiger charge is -2.19. The molecule has 0 aliphatic carbocycles. The maximum atomic E-state index is 11.8. The van der Waals surface area contributed by atoms with E-state index in [1.165, 1.54) is 4.88 Å². The topological polar surface area (TPSA) is 79.0 Å². The van der Waals surface area contributed by atoms with E-state index in [9.17, 15) is 4.79 Å². The van der Waals surface area contributed by atoms with Gasteiger partial charge in [0.1, 0.15) is 11.4 Å². The Balaban J connectivity index is 1.87. The van der Waals surface area contributed by atoms with Gasteiger partial charge in [0.2, 0.25) is 0 Å². The molecule has 0 aliphatic heterocycles. The number of ether oxygens (including phenoxy) is 1. The van der Waals surface area contributed by atoms with E-state index < -0.39 is 11.7 Å². The Morgan fingerprint density at radius 2 is 2.23 bits per heavy atom. The summed E-state index contributed by atoms with van der Waals surface area (Å²) in [7, 11) is 0. The summed E-state index contributed by atoms with van der Waals surface area (Å²) < 4.78 is 6.32. The van der Waals surface area contributed by atoms with Crippen LogP contribution in [0.4, 0.5) is 10.6 Å². The molecule has 1 amide bonds. The zero-order valence-electron chi connectivity index (χ0n) is 12.7. The van der Waals surface area contributed by atoms with Crippen molar-refractivity contribution in [1.29, 1.82) is 0 Å². The molecule has 2 aromatic rings. The number of rotatable bonds is 5. The van der Waals surface area contributed by atoms with Crippen LogP contribution < -0.4 is 10.6 Å². The standard InChI is InChI=1S/C14H19BrN4O2S/c1-14(2,3)21-13(20)18-12-9(7-17-19-12)6-16-8-11-10(15)4-5-22-11/h4-5,7,16H,6,8H2,1-3H3,(H2,17,18,19,20). The van der Waals surface area contributed by atoms with E-state index >= 15 is 0 Å². The monoisotopic (exact) mass is 386 g/mol. The number of aromatic nitrogens is 2. The summed E-state index contributed by atoms with van der Waals surface area (Å²) in [6.07, 6.45) is 1.18. The van der Waals surface area contributed by atoms with Crippen LogP contribution >= 0.6 is 27.3 Å². The van der Waals surface area contributed by atoms with Gasteiger partial charge < -0.3 is 10.1 Å². The first-order valence-electron chi connectivity index (χ1n) is 6.80. The summed E-state index contributed by atoms with van der Waals surface area (Å²) in [6.45, 7) is 6.80. The molecule has 0 atom stereocenters. The van der Waals surface area contributed by atoms with Crippen molar-refractivity contribution in [3.8, 4) is 0 Å². The first-order chi connectivity index (χ1) is 10.3. The minimum Gasteiger partial charge on any atom is -0.444 e. The van der Waals surface area contributed by atoms with E-state index in [4.69, 9.17) is 4.74 Å². The van der Waals surface area contributed by atoms with Gasteiger partial charge in [-0.1, -0.05) is 0 Å². The molecule has 0 saturated carbocycles. The molecule has 3 N–H and O–H groups in total. The van der Waals surface area contributed by atoms with E-state index in [0.29, 0.717) is 12.4 Å². The Kier molecular flexibility index (Phi) is 5.60. The number of nitrogens with one attached hydrogen (secondary N) is 3. The van der Waals surface area contributed by atoms with Gasteiger partial charge in [-0.05, 0) is 48.1 Å². The fourth-order valence-electron chi connectivity index (χ4n) is 1.72. The number of halogens is 1. The smallest absolute Gasteiger partial charge is 0.413 e. The first-order valence-corrected chi connectivity index (χ1v) is 8.47. The van der Waals surface area contributed by atoms with Gasteiger partial charge in [-0.2, -0.15) is 5.10 Å². The second-order valence-corrected chi connectivity index (χ2v) is 7.55. The van der Waals surface area contributed by atoms with Crippen molar-refractivity contribution in [2.75, 3.05) is 5.32 Å². The molecule has 0 aliphatic rings. The van der Waals surface area contributed by atoms with Crippen molar-refractivity contribution in [2.24, 2.45) is 0 Å². The number of hydrogen-bond acceptors (Lipinski definition) is 5. The van der Waals surface area contributed by atoms with Crippen LogP contribution in [0.15, 0.2) is 22.1 Å². The fraction of sp³-hybridized carbons (Fsp3) is 0.429. The molecule has 0 radical (unpaired) electrons. The minimum atomic E-state index is -0.534. The van der Waals surface area contributed by atoms with Crippen molar-refractivity contribution >= 4 is 39.2 Å². The highest BCUT2D eigenvalue weighted by molar-refractivity contribution is 9.10. The maximum Gasteiger partial charge on any atom is 0.413 e. The SMILES string of the molecule is CC(C)(C)OC(=O)Nc1[nH]ncc1CNCc1sccc1Br. The zero-order chi connectivity index (χ0) is 16.2. The molecule has 2 aromatic heterocycles. The molecule has 0 unspecified atom stereocenters. The van der Waals surface area contributed by atoms with Crippen LogP contribution in [0.25, 0.3) is 0 Å². The lowest BCUT2D eigenvalue weighted by molar-refractivity contribution is 0.0635. The van der Waals surface area contributed by atoms with Crippen molar-refractivity contribution in [2.45, 2.75) is 39.5 Å². The van der Waals surface area contributed by atoms with Crippen LogP contribution in [0.3, 0.4) is 0 Å². The second-order valence-electron chi connectivity index (χ2n) is 5.69. The van der Waals surface area contributed by atoms with E-state index in [1.54, 1.807) is 17.5 Å². The van der Waals surface area contributed by atoms with Gasteiger partial charge in [-0.25, -0.2) is 4.79 Å². The fourth-order valence-corrected chi connectivity index (χ4v) is 3.18. The summed E-state index contributed by atoms with van der Waals surface area (Å²) >= 11 is 5.18. The van der Waals surface area contributed by atoms with E-state index in [0.717, 1.165) is 16.6 Å². The predicted molar refractivity (Wildman–Crippen MR) is 91.0 cm³/mol. The minimum absolute atomic E-state index is 0.501. The number of amides is 1. The highest BCUT2D eigenvalue weighted by atomic mass is 79.9. The average molecular weight is 387 g/mol. The first kappa shape index (κ1) is 17.0. The zero-order valence-corrected chi connectivity index (χ0v) is 15.1. The third kappa shape index (κ3) is 5.11. The second kappa shape index (κ2) is 7.26. The van der Waals surface area contributed by atoms with Gasteiger partial charge in [-0.15, -0.1) is 11.3 Å². The predicted octanol–water partition coefficient (Wildman–Crippen LogP) is 3.87. The molecule has 120 valence electrons. The summed E-state index contributed by atoms with van der Waals surface area (Å²) in [5.41, 5.74) is 0.340. The molecule has 2 heterocycles. The van der Waals surface area contributed by atoms with Crippen LogP contribution in [-0.4, -0.2) is 21.9 Å². The summed E-state index contributed by atoms with van der Waals surface area (Å²) in [6, 6.07) is 2.02. The normalized spacial score (nSPS) is 11.5. The number of carbonyl (C=O) groups is 1. The lowest BCUT2D eigenvalue weighted by Crippen LogP contribution is -2.27. The average Bonchev–Trinajstić information content (AvgIpc) is 2.98. The van der Waals surface area contributed by atoms with Gasteiger partial charge >= 0.3 is 6.09 Å². The quantitative estimate of drug-likeness (QED) is 0.728. The van der Waals surface area contributed by atoms with Crippen molar-refractivity contribution in [3.05, 3.63) is 32.6 Å². The van der Waals surface area contributed by atoms with E-state index in [1.807, 2.05) is 32.2 Å². The molecule has 0 saturated heterocycles.